The van der Waals surface area contributed by atoms with Crippen LogP contribution in [-0.2, 0) is 19.4 Å². The molecule has 3 rings (SSSR count). The van der Waals surface area contributed by atoms with Gasteiger partial charge in [-0.15, -0.1) is 0 Å². The Labute approximate surface area is 136 Å². The normalized spacial score (nSPS) is 13.3. The van der Waals surface area contributed by atoms with Gasteiger partial charge < -0.3 is 10.2 Å². The van der Waals surface area contributed by atoms with Gasteiger partial charge in [0.1, 0.15) is 11.5 Å². The van der Waals surface area contributed by atoms with E-state index >= 15 is 0 Å². The molecular formula is C17H21N5O. The second-order valence-electron chi connectivity index (χ2n) is 5.95. The van der Waals surface area contributed by atoms with E-state index in [0.29, 0.717) is 12.2 Å². The lowest BCUT2D eigenvalue weighted by Gasteiger charge is -2.15. The smallest absolute Gasteiger partial charge is 0.271 e. The minimum atomic E-state index is -0.234. The maximum Gasteiger partial charge on any atom is 0.271 e. The van der Waals surface area contributed by atoms with E-state index in [1.165, 1.54) is 30.3 Å². The number of hydrogen-bond donors (Lipinski definition) is 1. The average molecular weight is 311 g/mol. The Morgan fingerprint density at radius 2 is 2.00 bits per heavy atom. The molecule has 0 aromatic carbocycles. The van der Waals surface area contributed by atoms with Gasteiger partial charge in [-0.25, -0.2) is 9.97 Å². The van der Waals surface area contributed by atoms with Crippen LogP contribution in [0.5, 0.6) is 0 Å². The second kappa shape index (κ2) is 6.73. The van der Waals surface area contributed by atoms with Crippen molar-refractivity contribution in [2.75, 3.05) is 19.0 Å². The number of nitrogens with zero attached hydrogens (tertiary/aromatic N) is 4. The van der Waals surface area contributed by atoms with E-state index in [1.54, 1.807) is 6.20 Å². The summed E-state index contributed by atoms with van der Waals surface area (Å²) in [6, 6.07) is 4.12. The van der Waals surface area contributed by atoms with Gasteiger partial charge in [-0.2, -0.15) is 0 Å². The van der Waals surface area contributed by atoms with Gasteiger partial charge in [-0.1, -0.05) is 6.07 Å². The molecule has 0 unspecified atom stereocenters. The fourth-order valence-electron chi connectivity index (χ4n) is 2.66. The first kappa shape index (κ1) is 15.4. The van der Waals surface area contributed by atoms with Crippen molar-refractivity contribution in [1.82, 2.24) is 20.3 Å². The fourth-order valence-corrected chi connectivity index (χ4v) is 2.66. The van der Waals surface area contributed by atoms with E-state index < -0.39 is 0 Å². The topological polar surface area (TPSA) is 71.0 Å². The van der Waals surface area contributed by atoms with Crippen molar-refractivity contribution in [2.24, 2.45) is 0 Å². The molecule has 6 heteroatoms. The lowest BCUT2D eigenvalue weighted by Crippen LogP contribution is -2.25. The summed E-state index contributed by atoms with van der Waals surface area (Å²) >= 11 is 0. The van der Waals surface area contributed by atoms with Crippen molar-refractivity contribution in [3.05, 3.63) is 47.2 Å². The molecular weight excluding hydrogens is 290 g/mol. The van der Waals surface area contributed by atoms with Gasteiger partial charge in [0, 0.05) is 19.8 Å². The molecule has 0 saturated carbocycles. The number of pyridine rings is 1. The molecule has 120 valence electrons. The van der Waals surface area contributed by atoms with E-state index in [1.807, 2.05) is 25.1 Å². The van der Waals surface area contributed by atoms with Gasteiger partial charge in [0.15, 0.2) is 0 Å². The zero-order chi connectivity index (χ0) is 16.2. The first-order valence-electron chi connectivity index (χ1n) is 7.89. The molecule has 0 aliphatic heterocycles. The molecule has 1 N–H and O–H groups in total. The maximum atomic E-state index is 12.1. The Hall–Kier alpha value is -2.50. The van der Waals surface area contributed by atoms with Crippen LogP contribution in [0.1, 0.15) is 40.3 Å². The van der Waals surface area contributed by atoms with Gasteiger partial charge in [0.05, 0.1) is 24.6 Å². The van der Waals surface area contributed by atoms with Crippen LogP contribution in [0.2, 0.25) is 0 Å². The first-order chi connectivity index (χ1) is 11.1. The predicted octanol–water partition coefficient (Wildman–Crippen LogP) is 1.75. The zero-order valence-electron chi connectivity index (χ0n) is 13.5. The van der Waals surface area contributed by atoms with E-state index in [4.69, 9.17) is 0 Å². The van der Waals surface area contributed by atoms with Crippen molar-refractivity contribution >= 4 is 11.7 Å². The lowest BCUT2D eigenvalue weighted by molar-refractivity contribution is 0.0945. The van der Waals surface area contributed by atoms with Gasteiger partial charge in [0.2, 0.25) is 0 Å². The largest absolute Gasteiger partial charge is 0.361 e. The molecule has 23 heavy (non-hydrogen) atoms. The molecule has 6 nitrogen and oxygen atoms in total. The summed E-state index contributed by atoms with van der Waals surface area (Å²) < 4.78 is 0. The number of nitrogens with one attached hydrogen (secondary N) is 1. The molecule has 0 atom stereocenters. The number of hydrogen-bond acceptors (Lipinski definition) is 5. The summed E-state index contributed by atoms with van der Waals surface area (Å²) in [6.07, 6.45) is 7.67. The van der Waals surface area contributed by atoms with Crippen LogP contribution >= 0.6 is 0 Å². The average Bonchev–Trinajstić information content (AvgIpc) is 2.59. The van der Waals surface area contributed by atoms with Crippen LogP contribution in [0, 0.1) is 0 Å². The van der Waals surface area contributed by atoms with Gasteiger partial charge in [0.25, 0.3) is 5.91 Å². The Kier molecular flexibility index (Phi) is 4.50. The molecule has 0 fully saturated rings. The number of rotatable bonds is 4. The Balaban J connectivity index is 1.62. The molecule has 0 bridgehead atoms. The highest BCUT2D eigenvalue weighted by atomic mass is 16.1. The molecule has 0 saturated heterocycles. The summed E-state index contributed by atoms with van der Waals surface area (Å²) in [5.74, 6) is 0.486. The van der Waals surface area contributed by atoms with Crippen LogP contribution in [0.15, 0.2) is 24.5 Å². The van der Waals surface area contributed by atoms with E-state index in [2.05, 4.69) is 26.3 Å². The number of aromatic nitrogens is 3. The lowest BCUT2D eigenvalue weighted by atomic mass is 9.96. The van der Waals surface area contributed by atoms with Crippen molar-refractivity contribution in [3.8, 4) is 0 Å². The Bertz CT molecular complexity index is 697. The summed E-state index contributed by atoms with van der Waals surface area (Å²) in [7, 11) is 3.76. The van der Waals surface area contributed by atoms with Crippen molar-refractivity contribution in [3.63, 3.8) is 0 Å². The second-order valence-corrected chi connectivity index (χ2v) is 5.95. The van der Waals surface area contributed by atoms with Crippen molar-refractivity contribution in [1.29, 1.82) is 0 Å². The SMILES string of the molecule is CN(C)c1cnc(C(=O)NCc2ccc3c(n2)CCCC3)cn1. The number of fused-ring (bicyclic) bond motifs is 1. The third-order valence-corrected chi connectivity index (χ3v) is 3.99. The van der Waals surface area contributed by atoms with Crippen molar-refractivity contribution < 1.29 is 4.79 Å². The number of aryl methyl sites for hydroxylation is 2. The highest BCUT2D eigenvalue weighted by molar-refractivity contribution is 5.91. The standard InChI is InChI=1S/C17H21N5O/c1-22(2)16-11-18-15(10-19-16)17(23)20-9-13-8-7-12-5-3-4-6-14(12)21-13/h7-8,10-11H,3-6,9H2,1-2H3,(H,20,23). The molecule has 2 aromatic rings. The first-order valence-corrected chi connectivity index (χ1v) is 7.89. The highest BCUT2D eigenvalue weighted by Crippen LogP contribution is 2.19. The van der Waals surface area contributed by atoms with Gasteiger partial charge >= 0.3 is 0 Å². The Morgan fingerprint density at radius 3 is 2.74 bits per heavy atom. The zero-order valence-corrected chi connectivity index (χ0v) is 13.5. The molecule has 1 amide bonds. The van der Waals surface area contributed by atoms with Gasteiger partial charge in [-0.05, 0) is 37.3 Å². The minimum Gasteiger partial charge on any atom is -0.361 e. The van der Waals surface area contributed by atoms with E-state index in [9.17, 15) is 4.79 Å². The van der Waals surface area contributed by atoms with Crippen LogP contribution in [0.25, 0.3) is 0 Å². The summed E-state index contributed by atoms with van der Waals surface area (Å²) in [6.45, 7) is 0.406. The molecule has 2 heterocycles. The molecule has 2 aromatic heterocycles. The molecule has 1 aliphatic rings. The Morgan fingerprint density at radius 1 is 1.17 bits per heavy atom. The predicted molar refractivity (Wildman–Crippen MR) is 88.4 cm³/mol. The number of carbonyl (C=O) groups is 1. The van der Waals surface area contributed by atoms with E-state index in [-0.39, 0.29) is 5.91 Å². The molecule has 0 radical (unpaired) electrons. The third-order valence-electron chi connectivity index (χ3n) is 3.99. The van der Waals surface area contributed by atoms with Crippen LogP contribution < -0.4 is 10.2 Å². The summed E-state index contributed by atoms with van der Waals surface area (Å²) in [5.41, 5.74) is 3.72. The van der Waals surface area contributed by atoms with E-state index in [0.717, 1.165) is 24.4 Å². The fraction of sp³-hybridized carbons (Fsp3) is 0.412. The van der Waals surface area contributed by atoms with Crippen molar-refractivity contribution in [2.45, 2.75) is 32.2 Å². The third kappa shape index (κ3) is 3.64. The van der Waals surface area contributed by atoms with Crippen LogP contribution in [0.3, 0.4) is 0 Å². The monoisotopic (exact) mass is 311 g/mol. The van der Waals surface area contributed by atoms with Crippen LogP contribution in [0.4, 0.5) is 5.82 Å². The number of carbonyl (C=O) groups excluding carboxylic acids is 1. The summed E-state index contributed by atoms with van der Waals surface area (Å²) in [5, 5.41) is 2.85. The maximum absolute atomic E-state index is 12.1. The van der Waals surface area contributed by atoms with Crippen LogP contribution in [-0.4, -0.2) is 35.0 Å². The molecule has 0 spiro atoms. The summed E-state index contributed by atoms with van der Waals surface area (Å²) in [4.78, 5) is 27.0. The number of anilines is 1. The van der Waals surface area contributed by atoms with Gasteiger partial charge in [-0.3, -0.25) is 9.78 Å². The minimum absolute atomic E-state index is 0.234. The molecule has 1 aliphatic carbocycles. The quantitative estimate of drug-likeness (QED) is 0.931. The number of amides is 1. The highest BCUT2D eigenvalue weighted by Gasteiger charge is 2.12.